The third-order valence-corrected chi connectivity index (χ3v) is 4.93. The minimum atomic E-state index is -0.135. The third kappa shape index (κ3) is 4.48. The first-order valence-electron chi connectivity index (χ1n) is 9.41. The van der Waals surface area contributed by atoms with E-state index in [0.29, 0.717) is 30.7 Å². The largest absolute Gasteiger partial charge is 0.497 e. The Balaban J connectivity index is 1.50. The first-order chi connectivity index (χ1) is 13.1. The van der Waals surface area contributed by atoms with Crippen molar-refractivity contribution in [2.24, 2.45) is 0 Å². The molecule has 5 heteroatoms. The molecular weight excluding hydrogens is 340 g/mol. The zero-order chi connectivity index (χ0) is 19.2. The van der Waals surface area contributed by atoms with E-state index in [-0.39, 0.29) is 11.8 Å². The maximum absolute atomic E-state index is 12.7. The molecule has 0 radical (unpaired) electrons. The molecule has 0 unspecified atom stereocenters. The summed E-state index contributed by atoms with van der Waals surface area (Å²) in [5.74, 6) is 0.711. The second kappa shape index (κ2) is 8.71. The SMILES string of the molecule is COc1ccc(C(=O)NCCCC(=O)N2CCCc3cccc(C)c32)cc1. The van der Waals surface area contributed by atoms with Crippen molar-refractivity contribution in [2.45, 2.75) is 32.6 Å². The normalized spacial score (nSPS) is 13.0. The summed E-state index contributed by atoms with van der Waals surface area (Å²) in [6.07, 6.45) is 3.07. The average molecular weight is 366 g/mol. The van der Waals surface area contributed by atoms with Gasteiger partial charge in [0.15, 0.2) is 0 Å². The minimum Gasteiger partial charge on any atom is -0.497 e. The van der Waals surface area contributed by atoms with E-state index in [4.69, 9.17) is 4.74 Å². The van der Waals surface area contributed by atoms with E-state index >= 15 is 0 Å². The van der Waals surface area contributed by atoms with Crippen LogP contribution in [0.25, 0.3) is 0 Å². The number of anilines is 1. The van der Waals surface area contributed by atoms with Gasteiger partial charge < -0.3 is 15.0 Å². The van der Waals surface area contributed by atoms with E-state index in [1.165, 1.54) is 5.56 Å². The molecular formula is C22H26N2O3. The Morgan fingerprint density at radius 1 is 1.15 bits per heavy atom. The number of para-hydroxylation sites is 1. The fraction of sp³-hybridized carbons (Fsp3) is 0.364. The van der Waals surface area contributed by atoms with Gasteiger partial charge in [0.25, 0.3) is 5.91 Å². The number of hydrogen-bond donors (Lipinski definition) is 1. The lowest BCUT2D eigenvalue weighted by Gasteiger charge is -2.31. The maximum atomic E-state index is 12.7. The summed E-state index contributed by atoms with van der Waals surface area (Å²) in [5, 5.41) is 2.87. The van der Waals surface area contributed by atoms with Crippen molar-refractivity contribution < 1.29 is 14.3 Å². The van der Waals surface area contributed by atoms with Crippen LogP contribution in [-0.4, -0.2) is 32.0 Å². The first kappa shape index (κ1) is 19.0. The second-order valence-electron chi connectivity index (χ2n) is 6.82. The fourth-order valence-electron chi connectivity index (χ4n) is 3.52. The molecule has 0 saturated carbocycles. The Kier molecular flexibility index (Phi) is 6.12. The summed E-state index contributed by atoms with van der Waals surface area (Å²) in [6, 6.07) is 13.2. The summed E-state index contributed by atoms with van der Waals surface area (Å²) < 4.78 is 5.09. The number of aryl methyl sites for hydroxylation is 2. The topological polar surface area (TPSA) is 58.6 Å². The van der Waals surface area contributed by atoms with E-state index < -0.39 is 0 Å². The predicted octanol–water partition coefficient (Wildman–Crippen LogP) is 3.49. The Bertz CT molecular complexity index is 815. The smallest absolute Gasteiger partial charge is 0.251 e. The van der Waals surface area contributed by atoms with Crippen molar-refractivity contribution in [3.05, 3.63) is 59.2 Å². The molecule has 0 fully saturated rings. The Morgan fingerprint density at radius 2 is 1.93 bits per heavy atom. The van der Waals surface area contributed by atoms with Crippen LogP contribution in [0.5, 0.6) is 5.75 Å². The van der Waals surface area contributed by atoms with E-state index in [0.717, 1.165) is 30.6 Å². The lowest BCUT2D eigenvalue weighted by Crippen LogP contribution is -2.36. The number of amides is 2. The highest BCUT2D eigenvalue weighted by Gasteiger charge is 2.23. The molecule has 142 valence electrons. The number of benzene rings is 2. The zero-order valence-electron chi connectivity index (χ0n) is 16.0. The predicted molar refractivity (Wildman–Crippen MR) is 106 cm³/mol. The lowest BCUT2D eigenvalue weighted by atomic mass is 9.98. The molecule has 1 heterocycles. The van der Waals surface area contributed by atoms with Crippen molar-refractivity contribution in [3.8, 4) is 5.75 Å². The van der Waals surface area contributed by atoms with Crippen LogP contribution in [0.2, 0.25) is 0 Å². The minimum absolute atomic E-state index is 0.129. The van der Waals surface area contributed by atoms with Crippen molar-refractivity contribution >= 4 is 17.5 Å². The molecule has 2 amide bonds. The van der Waals surface area contributed by atoms with Crippen LogP contribution in [0.3, 0.4) is 0 Å². The molecule has 1 N–H and O–H groups in total. The number of ether oxygens (including phenoxy) is 1. The molecule has 0 bridgehead atoms. The molecule has 1 aliphatic rings. The Morgan fingerprint density at radius 3 is 2.67 bits per heavy atom. The number of hydrogen-bond acceptors (Lipinski definition) is 3. The van der Waals surface area contributed by atoms with Crippen molar-refractivity contribution in [1.29, 1.82) is 0 Å². The van der Waals surface area contributed by atoms with Crippen LogP contribution in [0.1, 0.15) is 40.7 Å². The average Bonchev–Trinajstić information content (AvgIpc) is 2.70. The molecule has 2 aromatic rings. The molecule has 0 spiro atoms. The standard InChI is InChI=1S/C22H26N2O3/c1-16-6-3-7-17-8-5-15-24(21(16)17)20(25)9-4-14-23-22(26)18-10-12-19(27-2)13-11-18/h3,6-7,10-13H,4-5,8-9,14-15H2,1-2H3,(H,23,26). The Hall–Kier alpha value is -2.82. The van der Waals surface area contributed by atoms with Gasteiger partial charge in [-0.15, -0.1) is 0 Å². The van der Waals surface area contributed by atoms with Crippen LogP contribution >= 0.6 is 0 Å². The highest BCUT2D eigenvalue weighted by Crippen LogP contribution is 2.31. The molecule has 0 saturated heterocycles. The number of methoxy groups -OCH3 is 1. The first-order valence-corrected chi connectivity index (χ1v) is 9.41. The van der Waals surface area contributed by atoms with Crippen molar-refractivity contribution in [3.63, 3.8) is 0 Å². The molecule has 3 rings (SSSR count). The number of carbonyl (C=O) groups excluding carboxylic acids is 2. The lowest BCUT2D eigenvalue weighted by molar-refractivity contribution is -0.118. The van der Waals surface area contributed by atoms with Gasteiger partial charge in [0.1, 0.15) is 5.75 Å². The van der Waals surface area contributed by atoms with Gasteiger partial charge in [-0.2, -0.15) is 0 Å². The third-order valence-electron chi connectivity index (χ3n) is 4.93. The van der Waals surface area contributed by atoms with Gasteiger partial charge in [0.05, 0.1) is 7.11 Å². The summed E-state index contributed by atoms with van der Waals surface area (Å²) in [4.78, 5) is 26.8. The fourth-order valence-corrected chi connectivity index (χ4v) is 3.52. The van der Waals surface area contributed by atoms with E-state index in [1.54, 1.807) is 31.4 Å². The van der Waals surface area contributed by atoms with Crippen LogP contribution < -0.4 is 15.0 Å². The molecule has 0 atom stereocenters. The summed E-state index contributed by atoms with van der Waals surface area (Å²) in [5.41, 5.74) is 4.06. The van der Waals surface area contributed by atoms with Gasteiger partial charge in [0.2, 0.25) is 5.91 Å². The van der Waals surface area contributed by atoms with Crippen LogP contribution in [0.4, 0.5) is 5.69 Å². The number of nitrogens with one attached hydrogen (secondary N) is 1. The van der Waals surface area contributed by atoms with Gasteiger partial charge in [0, 0.05) is 30.8 Å². The van der Waals surface area contributed by atoms with Crippen molar-refractivity contribution in [2.75, 3.05) is 25.1 Å². The van der Waals surface area contributed by atoms with Crippen LogP contribution in [-0.2, 0) is 11.2 Å². The zero-order valence-corrected chi connectivity index (χ0v) is 16.0. The van der Waals surface area contributed by atoms with Gasteiger partial charge in [-0.25, -0.2) is 0 Å². The maximum Gasteiger partial charge on any atom is 0.251 e. The highest BCUT2D eigenvalue weighted by molar-refractivity contribution is 5.96. The second-order valence-corrected chi connectivity index (χ2v) is 6.82. The summed E-state index contributed by atoms with van der Waals surface area (Å²) in [6.45, 7) is 3.31. The van der Waals surface area contributed by atoms with Crippen molar-refractivity contribution in [1.82, 2.24) is 5.32 Å². The molecule has 0 aliphatic carbocycles. The summed E-state index contributed by atoms with van der Waals surface area (Å²) in [7, 11) is 1.59. The number of fused-ring (bicyclic) bond motifs is 1. The van der Waals surface area contributed by atoms with Gasteiger partial charge >= 0.3 is 0 Å². The molecule has 27 heavy (non-hydrogen) atoms. The van der Waals surface area contributed by atoms with E-state index in [1.807, 2.05) is 4.90 Å². The number of nitrogens with zero attached hydrogens (tertiary/aromatic N) is 1. The number of carbonyl (C=O) groups is 2. The monoisotopic (exact) mass is 366 g/mol. The molecule has 1 aliphatic heterocycles. The van der Waals surface area contributed by atoms with Gasteiger partial charge in [-0.05, 0) is 61.6 Å². The van der Waals surface area contributed by atoms with E-state index in [2.05, 4.69) is 30.4 Å². The Labute approximate surface area is 160 Å². The molecule has 2 aromatic carbocycles. The van der Waals surface area contributed by atoms with Gasteiger partial charge in [-0.3, -0.25) is 9.59 Å². The highest BCUT2D eigenvalue weighted by atomic mass is 16.5. The molecule has 0 aromatic heterocycles. The van der Waals surface area contributed by atoms with E-state index in [9.17, 15) is 9.59 Å². The quantitative estimate of drug-likeness (QED) is 0.796. The molecule has 5 nitrogen and oxygen atoms in total. The van der Waals surface area contributed by atoms with Gasteiger partial charge in [-0.1, -0.05) is 18.2 Å². The number of rotatable bonds is 6. The van der Waals surface area contributed by atoms with Crippen LogP contribution in [0.15, 0.2) is 42.5 Å². The summed E-state index contributed by atoms with van der Waals surface area (Å²) >= 11 is 0. The van der Waals surface area contributed by atoms with Crippen LogP contribution in [0, 0.1) is 6.92 Å².